The molecule has 1 aliphatic rings. The average Bonchev–Trinajstić information content (AvgIpc) is 2.67. The van der Waals surface area contributed by atoms with Crippen molar-refractivity contribution in [2.24, 2.45) is 0 Å². The van der Waals surface area contributed by atoms with E-state index >= 15 is 0 Å². The van der Waals surface area contributed by atoms with Crippen molar-refractivity contribution in [3.63, 3.8) is 0 Å². The van der Waals surface area contributed by atoms with Crippen molar-refractivity contribution < 1.29 is 30.5 Å². The maximum atomic E-state index is 11.0. The van der Waals surface area contributed by atoms with Gasteiger partial charge in [-0.3, -0.25) is 4.55 Å². The van der Waals surface area contributed by atoms with Crippen LogP contribution in [0.3, 0.4) is 0 Å². The van der Waals surface area contributed by atoms with Crippen molar-refractivity contribution in [3.05, 3.63) is 23.8 Å². The molecule has 7 nitrogen and oxygen atoms in total. The summed E-state index contributed by atoms with van der Waals surface area (Å²) in [6.07, 6.45) is 1.46. The maximum Gasteiger partial charge on any atom is 0.264 e. The minimum atomic E-state index is -4.47. The number of hydrogen-bond acceptors (Lipinski definition) is 5. The first-order valence-electron chi connectivity index (χ1n) is 6.72. The summed E-state index contributed by atoms with van der Waals surface area (Å²) in [7, 11) is -8.41. The largest absolute Gasteiger partial charge is 0.744 e. The van der Waals surface area contributed by atoms with E-state index in [0.29, 0.717) is 25.8 Å². The standard InChI is InChI=1S/C13H17NO6S2/c1-10-8-11-9-12(22(18,19)20)4-5-13(11)14(10)6-2-3-7-21(15,16)17/h4-5,9H,2-3,6-8H2,1H3,(H-,15,16,17,18,19,20). The number of unbranched alkanes of at least 4 members (excludes halogenated alkanes) is 1. The molecule has 1 aliphatic heterocycles. The number of nitrogens with zero attached hydrogens (tertiary/aromatic N) is 1. The molecular formula is C13H17NO6S2. The van der Waals surface area contributed by atoms with Gasteiger partial charge in [0.25, 0.3) is 10.1 Å². The van der Waals surface area contributed by atoms with Crippen LogP contribution in [0.25, 0.3) is 0 Å². The third-order valence-electron chi connectivity index (χ3n) is 3.57. The molecule has 122 valence electrons. The van der Waals surface area contributed by atoms with Crippen molar-refractivity contribution >= 4 is 31.6 Å². The van der Waals surface area contributed by atoms with Crippen LogP contribution in [0.5, 0.6) is 0 Å². The van der Waals surface area contributed by atoms with Crippen molar-refractivity contribution in [2.75, 3.05) is 12.3 Å². The fourth-order valence-electron chi connectivity index (χ4n) is 2.56. The molecule has 2 rings (SSSR count). The van der Waals surface area contributed by atoms with Crippen LogP contribution < -0.4 is 0 Å². The van der Waals surface area contributed by atoms with Gasteiger partial charge in [-0.1, -0.05) is 0 Å². The molecule has 1 N–H and O–H groups in total. The van der Waals surface area contributed by atoms with E-state index in [-0.39, 0.29) is 10.6 Å². The minimum absolute atomic E-state index is 0.243. The normalized spacial score (nSPS) is 15.2. The average molecular weight is 347 g/mol. The molecule has 0 amide bonds. The Morgan fingerprint density at radius 2 is 1.91 bits per heavy atom. The van der Waals surface area contributed by atoms with E-state index in [2.05, 4.69) is 0 Å². The zero-order chi connectivity index (χ0) is 16.5. The third-order valence-corrected chi connectivity index (χ3v) is 5.21. The SMILES string of the molecule is CC1=[N+](CCCCS(=O)(=O)O)c2ccc(S(=O)(=O)[O-])cc2C1. The van der Waals surface area contributed by atoms with E-state index < -0.39 is 20.2 Å². The molecule has 1 aromatic carbocycles. The molecule has 0 spiro atoms. The van der Waals surface area contributed by atoms with Crippen LogP contribution in [0, 0.1) is 0 Å². The van der Waals surface area contributed by atoms with Crippen LogP contribution in [-0.4, -0.2) is 48.5 Å². The van der Waals surface area contributed by atoms with E-state index in [0.717, 1.165) is 17.0 Å². The molecule has 9 heteroatoms. The smallest absolute Gasteiger partial charge is 0.264 e. The Labute approximate surface area is 129 Å². The van der Waals surface area contributed by atoms with Gasteiger partial charge in [-0.15, -0.1) is 0 Å². The highest BCUT2D eigenvalue weighted by molar-refractivity contribution is 7.86. The van der Waals surface area contributed by atoms with Gasteiger partial charge in [-0.05, 0) is 18.6 Å². The summed E-state index contributed by atoms with van der Waals surface area (Å²) in [5, 5.41) is 0. The maximum absolute atomic E-state index is 11.0. The molecule has 22 heavy (non-hydrogen) atoms. The van der Waals surface area contributed by atoms with Crippen LogP contribution in [0.4, 0.5) is 5.69 Å². The second-order valence-electron chi connectivity index (χ2n) is 5.30. The molecule has 1 heterocycles. The highest BCUT2D eigenvalue weighted by atomic mass is 32.2. The molecule has 0 fully saturated rings. The highest BCUT2D eigenvalue weighted by Crippen LogP contribution is 2.29. The summed E-state index contributed by atoms with van der Waals surface area (Å²) in [6, 6.07) is 4.27. The first kappa shape index (κ1) is 17.1. The Morgan fingerprint density at radius 1 is 1.23 bits per heavy atom. The Morgan fingerprint density at radius 3 is 2.50 bits per heavy atom. The Hall–Kier alpha value is -1.29. The zero-order valence-electron chi connectivity index (χ0n) is 12.0. The zero-order valence-corrected chi connectivity index (χ0v) is 13.7. The summed E-state index contributed by atoms with van der Waals surface area (Å²) in [6.45, 7) is 2.46. The summed E-state index contributed by atoms with van der Waals surface area (Å²) >= 11 is 0. The van der Waals surface area contributed by atoms with Crippen molar-refractivity contribution in [3.8, 4) is 0 Å². The van der Waals surface area contributed by atoms with Crippen LogP contribution in [0.15, 0.2) is 23.1 Å². The van der Waals surface area contributed by atoms with Crippen LogP contribution in [0.1, 0.15) is 25.3 Å². The Balaban J connectivity index is 2.11. The van der Waals surface area contributed by atoms with Gasteiger partial charge in [-0.25, -0.2) is 8.42 Å². The summed E-state index contributed by atoms with van der Waals surface area (Å²) in [4.78, 5) is -0.243. The lowest BCUT2D eigenvalue weighted by atomic mass is 10.1. The molecule has 0 unspecified atom stereocenters. The molecular weight excluding hydrogens is 330 g/mol. The molecule has 0 aliphatic carbocycles. The first-order chi connectivity index (χ1) is 10.1. The summed E-state index contributed by atoms with van der Waals surface area (Å²) in [5.41, 5.74) is 2.60. The number of rotatable bonds is 6. The predicted molar refractivity (Wildman–Crippen MR) is 79.2 cm³/mol. The summed E-state index contributed by atoms with van der Waals surface area (Å²) in [5.74, 6) is -0.278. The van der Waals surface area contributed by atoms with Gasteiger partial charge >= 0.3 is 0 Å². The van der Waals surface area contributed by atoms with Gasteiger partial charge < -0.3 is 4.55 Å². The van der Waals surface area contributed by atoms with Crippen LogP contribution in [0.2, 0.25) is 0 Å². The van der Waals surface area contributed by atoms with Gasteiger partial charge in [0.05, 0.1) is 17.1 Å². The molecule has 0 saturated heterocycles. The molecule has 0 atom stereocenters. The van der Waals surface area contributed by atoms with E-state index in [4.69, 9.17) is 4.55 Å². The van der Waals surface area contributed by atoms with Crippen molar-refractivity contribution in [1.29, 1.82) is 0 Å². The van der Waals surface area contributed by atoms with E-state index in [9.17, 15) is 21.4 Å². The van der Waals surface area contributed by atoms with E-state index in [1.807, 2.05) is 11.5 Å². The lowest BCUT2D eigenvalue weighted by molar-refractivity contribution is -0.438. The fraction of sp³-hybridized carbons (Fsp3) is 0.462. The Kier molecular flexibility index (Phi) is 4.71. The van der Waals surface area contributed by atoms with Gasteiger partial charge in [-0.2, -0.15) is 13.0 Å². The van der Waals surface area contributed by atoms with Crippen molar-refractivity contribution in [1.82, 2.24) is 0 Å². The van der Waals surface area contributed by atoms with Gasteiger partial charge in [0, 0.05) is 25.0 Å². The van der Waals surface area contributed by atoms with Crippen LogP contribution in [-0.2, 0) is 26.7 Å². The lowest BCUT2D eigenvalue weighted by Crippen LogP contribution is -2.13. The lowest BCUT2D eigenvalue weighted by Gasteiger charge is -2.07. The fourth-order valence-corrected chi connectivity index (χ4v) is 3.65. The molecule has 0 aromatic heterocycles. The molecule has 0 saturated carbocycles. The highest BCUT2D eigenvalue weighted by Gasteiger charge is 2.27. The Bertz CT molecular complexity index is 824. The predicted octanol–water partition coefficient (Wildman–Crippen LogP) is 0.920. The van der Waals surface area contributed by atoms with Crippen molar-refractivity contribution in [2.45, 2.75) is 31.1 Å². The minimum Gasteiger partial charge on any atom is -0.744 e. The number of benzene rings is 1. The van der Waals surface area contributed by atoms with Gasteiger partial charge in [0.15, 0.2) is 5.71 Å². The first-order valence-corrected chi connectivity index (χ1v) is 9.73. The third kappa shape index (κ3) is 4.13. The summed E-state index contributed by atoms with van der Waals surface area (Å²) < 4.78 is 65.1. The van der Waals surface area contributed by atoms with E-state index in [1.54, 1.807) is 6.07 Å². The monoisotopic (exact) mass is 347 g/mol. The topological polar surface area (TPSA) is 115 Å². The van der Waals surface area contributed by atoms with Gasteiger partial charge in [0.1, 0.15) is 16.7 Å². The number of fused-ring (bicyclic) bond motifs is 1. The second-order valence-corrected chi connectivity index (χ2v) is 8.25. The van der Waals surface area contributed by atoms with Crippen LogP contribution >= 0.6 is 0 Å². The molecule has 0 radical (unpaired) electrons. The molecule has 1 aromatic rings. The number of hydrogen-bond donors (Lipinski definition) is 1. The quantitative estimate of drug-likeness (QED) is 0.465. The van der Waals surface area contributed by atoms with Gasteiger partial charge in [0.2, 0.25) is 5.69 Å². The van der Waals surface area contributed by atoms with E-state index in [1.165, 1.54) is 12.1 Å². The second kappa shape index (κ2) is 6.07. The molecule has 0 bridgehead atoms.